The summed E-state index contributed by atoms with van der Waals surface area (Å²) >= 11 is 0. The van der Waals surface area contributed by atoms with E-state index in [2.05, 4.69) is 12.2 Å². The molecule has 2 atom stereocenters. The fourth-order valence-corrected chi connectivity index (χ4v) is 2.60. The van der Waals surface area contributed by atoms with Gasteiger partial charge in [0.15, 0.2) is 0 Å². The van der Waals surface area contributed by atoms with Crippen LogP contribution in [0.2, 0.25) is 0 Å². The maximum Gasteiger partial charge on any atom is 0.0771 e. The van der Waals surface area contributed by atoms with E-state index in [1.54, 1.807) is 0 Å². The first-order valence-corrected chi connectivity index (χ1v) is 6.27. The quantitative estimate of drug-likeness (QED) is 0.723. The van der Waals surface area contributed by atoms with Gasteiger partial charge in [-0.2, -0.15) is 0 Å². The van der Waals surface area contributed by atoms with Gasteiger partial charge in [-0.1, -0.05) is 6.92 Å². The predicted octanol–water partition coefficient (Wildman–Crippen LogP) is 1.31. The third kappa shape index (κ3) is 2.71. The third-order valence-electron chi connectivity index (χ3n) is 3.95. The van der Waals surface area contributed by atoms with Crippen LogP contribution >= 0.6 is 0 Å². The molecule has 2 fully saturated rings. The van der Waals surface area contributed by atoms with Crippen molar-refractivity contribution >= 4 is 0 Å². The lowest BCUT2D eigenvalue weighted by Crippen LogP contribution is -2.50. The summed E-state index contributed by atoms with van der Waals surface area (Å²) in [6, 6.07) is 0.525. The van der Waals surface area contributed by atoms with Gasteiger partial charge in [0.1, 0.15) is 0 Å². The van der Waals surface area contributed by atoms with E-state index in [4.69, 9.17) is 4.74 Å². The van der Waals surface area contributed by atoms with E-state index in [0.717, 1.165) is 39.0 Å². The number of hydrogen-bond acceptors (Lipinski definition) is 3. The predicted molar refractivity (Wildman–Crippen MR) is 59.8 cm³/mol. The second-order valence-corrected chi connectivity index (χ2v) is 5.10. The number of hydrogen-bond donors (Lipinski definition) is 2. The normalized spacial score (nSPS) is 31.2. The second kappa shape index (κ2) is 4.81. The van der Waals surface area contributed by atoms with Crippen LogP contribution in [0.1, 0.15) is 39.0 Å². The molecule has 1 saturated carbocycles. The minimum atomic E-state index is -0.396. The monoisotopic (exact) mass is 213 g/mol. The van der Waals surface area contributed by atoms with Gasteiger partial charge in [0.2, 0.25) is 0 Å². The van der Waals surface area contributed by atoms with Crippen molar-refractivity contribution in [2.75, 3.05) is 19.8 Å². The van der Waals surface area contributed by atoms with Gasteiger partial charge in [0.25, 0.3) is 0 Å². The van der Waals surface area contributed by atoms with Crippen LogP contribution in [0.25, 0.3) is 0 Å². The van der Waals surface area contributed by atoms with Gasteiger partial charge in [-0.25, -0.2) is 0 Å². The molecule has 2 aliphatic rings. The molecule has 0 amide bonds. The Balaban J connectivity index is 1.74. The molecule has 1 aliphatic carbocycles. The lowest BCUT2D eigenvalue weighted by Gasteiger charge is -2.38. The van der Waals surface area contributed by atoms with Crippen molar-refractivity contribution in [3.05, 3.63) is 0 Å². The summed E-state index contributed by atoms with van der Waals surface area (Å²) in [5, 5.41) is 13.5. The first-order valence-electron chi connectivity index (χ1n) is 6.27. The van der Waals surface area contributed by atoms with Gasteiger partial charge in [-0.3, -0.25) is 0 Å². The molecule has 3 nitrogen and oxygen atoms in total. The largest absolute Gasteiger partial charge is 0.389 e. The average Bonchev–Trinajstić information content (AvgIpc) is 2.69. The van der Waals surface area contributed by atoms with Crippen molar-refractivity contribution < 1.29 is 9.84 Å². The molecular formula is C12H23NO2. The Labute approximate surface area is 92.2 Å². The molecule has 0 radical (unpaired) electrons. The van der Waals surface area contributed by atoms with Crippen LogP contribution in [0.15, 0.2) is 0 Å². The van der Waals surface area contributed by atoms with Crippen LogP contribution in [0, 0.1) is 5.92 Å². The summed E-state index contributed by atoms with van der Waals surface area (Å²) in [6.45, 7) is 4.78. The summed E-state index contributed by atoms with van der Waals surface area (Å²) in [4.78, 5) is 0. The Morgan fingerprint density at radius 3 is 2.80 bits per heavy atom. The standard InChI is InChI=1S/C12H23NO2/c1-2-11(10-4-7-15-8-10)13-9-12(14)5-3-6-12/h10-11,13-14H,2-9H2,1H3. The zero-order chi connectivity index (χ0) is 10.7. The SMILES string of the molecule is CCC(NCC1(O)CCC1)C1CCOC1. The molecule has 15 heavy (non-hydrogen) atoms. The highest BCUT2D eigenvalue weighted by Crippen LogP contribution is 2.31. The Morgan fingerprint density at radius 1 is 1.53 bits per heavy atom. The Bertz CT molecular complexity index is 198. The lowest BCUT2D eigenvalue weighted by molar-refractivity contribution is -0.0347. The Morgan fingerprint density at radius 2 is 2.33 bits per heavy atom. The fraction of sp³-hybridized carbons (Fsp3) is 1.00. The molecule has 1 aliphatic heterocycles. The number of aliphatic hydroxyl groups is 1. The van der Waals surface area contributed by atoms with E-state index in [0.29, 0.717) is 12.0 Å². The fourth-order valence-electron chi connectivity index (χ4n) is 2.60. The highest BCUT2D eigenvalue weighted by atomic mass is 16.5. The maximum atomic E-state index is 10.0. The first kappa shape index (κ1) is 11.4. The molecule has 1 heterocycles. The van der Waals surface area contributed by atoms with E-state index in [9.17, 15) is 5.11 Å². The number of nitrogens with one attached hydrogen (secondary N) is 1. The van der Waals surface area contributed by atoms with Crippen molar-refractivity contribution in [1.29, 1.82) is 0 Å². The lowest BCUT2D eigenvalue weighted by atomic mass is 9.80. The maximum absolute atomic E-state index is 10.0. The molecule has 88 valence electrons. The first-order chi connectivity index (χ1) is 7.23. The zero-order valence-electron chi connectivity index (χ0n) is 9.67. The van der Waals surface area contributed by atoms with E-state index >= 15 is 0 Å². The van der Waals surface area contributed by atoms with Crippen LogP contribution < -0.4 is 5.32 Å². The molecule has 0 aromatic rings. The van der Waals surface area contributed by atoms with Crippen molar-refractivity contribution in [1.82, 2.24) is 5.32 Å². The molecule has 2 N–H and O–H groups in total. The molecule has 0 bridgehead atoms. The van der Waals surface area contributed by atoms with E-state index in [-0.39, 0.29) is 0 Å². The van der Waals surface area contributed by atoms with Gasteiger partial charge in [-0.05, 0) is 38.0 Å². The van der Waals surface area contributed by atoms with Crippen LogP contribution in [-0.2, 0) is 4.74 Å². The molecular weight excluding hydrogens is 190 g/mol. The molecule has 2 rings (SSSR count). The minimum absolute atomic E-state index is 0.396. The third-order valence-corrected chi connectivity index (χ3v) is 3.95. The zero-order valence-corrected chi connectivity index (χ0v) is 9.67. The highest BCUT2D eigenvalue weighted by molar-refractivity contribution is 4.91. The van der Waals surface area contributed by atoms with Crippen LogP contribution in [0.5, 0.6) is 0 Å². The summed E-state index contributed by atoms with van der Waals surface area (Å²) in [5.41, 5.74) is -0.396. The average molecular weight is 213 g/mol. The molecule has 1 saturated heterocycles. The molecule has 0 spiro atoms. The van der Waals surface area contributed by atoms with Crippen molar-refractivity contribution in [3.63, 3.8) is 0 Å². The van der Waals surface area contributed by atoms with Crippen molar-refractivity contribution in [2.45, 2.75) is 50.7 Å². The van der Waals surface area contributed by atoms with Crippen LogP contribution in [0.3, 0.4) is 0 Å². The smallest absolute Gasteiger partial charge is 0.0771 e. The summed E-state index contributed by atoms with van der Waals surface area (Å²) in [5.74, 6) is 0.652. The van der Waals surface area contributed by atoms with E-state index in [1.165, 1.54) is 12.8 Å². The van der Waals surface area contributed by atoms with Gasteiger partial charge < -0.3 is 15.2 Å². The van der Waals surface area contributed by atoms with Crippen molar-refractivity contribution in [2.24, 2.45) is 5.92 Å². The van der Waals surface area contributed by atoms with Crippen molar-refractivity contribution in [3.8, 4) is 0 Å². The van der Waals surface area contributed by atoms with E-state index in [1.807, 2.05) is 0 Å². The summed E-state index contributed by atoms with van der Waals surface area (Å²) in [6.07, 6.45) is 5.42. The summed E-state index contributed by atoms with van der Waals surface area (Å²) < 4.78 is 5.41. The number of rotatable bonds is 5. The Kier molecular flexibility index (Phi) is 3.65. The van der Waals surface area contributed by atoms with Gasteiger partial charge in [-0.15, -0.1) is 0 Å². The molecule has 3 heteroatoms. The Hall–Kier alpha value is -0.120. The van der Waals surface area contributed by atoms with E-state index < -0.39 is 5.60 Å². The molecule has 2 unspecified atom stereocenters. The van der Waals surface area contributed by atoms with Gasteiger partial charge >= 0.3 is 0 Å². The molecule has 0 aromatic carbocycles. The topological polar surface area (TPSA) is 41.5 Å². The van der Waals surface area contributed by atoms with Crippen LogP contribution in [0.4, 0.5) is 0 Å². The minimum Gasteiger partial charge on any atom is -0.389 e. The summed E-state index contributed by atoms with van der Waals surface area (Å²) in [7, 11) is 0. The van der Waals surface area contributed by atoms with Gasteiger partial charge in [0, 0.05) is 19.2 Å². The van der Waals surface area contributed by atoms with Crippen LogP contribution in [-0.4, -0.2) is 36.5 Å². The second-order valence-electron chi connectivity index (χ2n) is 5.10. The number of ether oxygens (including phenoxy) is 1. The molecule has 0 aromatic heterocycles. The van der Waals surface area contributed by atoms with Gasteiger partial charge in [0.05, 0.1) is 12.2 Å². The highest BCUT2D eigenvalue weighted by Gasteiger charge is 2.35.